The summed E-state index contributed by atoms with van der Waals surface area (Å²) in [5.74, 6) is 0. The first-order valence-corrected chi connectivity index (χ1v) is 10.0. The molecule has 5 rings (SSSR count). The van der Waals surface area contributed by atoms with Crippen molar-refractivity contribution in [1.82, 2.24) is 20.3 Å². The zero-order chi connectivity index (χ0) is 18.9. The van der Waals surface area contributed by atoms with Crippen LogP contribution in [-0.4, -0.2) is 15.0 Å². The molecule has 1 unspecified atom stereocenters. The van der Waals surface area contributed by atoms with Crippen molar-refractivity contribution in [1.29, 1.82) is 0 Å². The van der Waals surface area contributed by atoms with Gasteiger partial charge in [-0.05, 0) is 55.0 Å². The summed E-state index contributed by atoms with van der Waals surface area (Å²) in [6, 6.07) is 18.0. The molecule has 0 spiro atoms. The molecule has 0 radical (unpaired) electrons. The van der Waals surface area contributed by atoms with Gasteiger partial charge < -0.3 is 10.3 Å². The number of nitrogens with one attached hydrogen (secondary N) is 2. The number of aryl methyl sites for hydroxylation is 1. The van der Waals surface area contributed by atoms with Gasteiger partial charge >= 0.3 is 0 Å². The zero-order valence-corrected chi connectivity index (χ0v) is 16.0. The van der Waals surface area contributed by atoms with Crippen LogP contribution >= 0.6 is 0 Å². The van der Waals surface area contributed by atoms with Crippen LogP contribution in [0, 0.1) is 0 Å². The van der Waals surface area contributed by atoms with Crippen LogP contribution in [-0.2, 0) is 6.42 Å². The summed E-state index contributed by atoms with van der Waals surface area (Å²) >= 11 is 0. The van der Waals surface area contributed by atoms with E-state index in [1.54, 1.807) is 6.33 Å². The molecule has 0 amide bonds. The molecule has 0 bridgehead atoms. The van der Waals surface area contributed by atoms with E-state index in [1.165, 1.54) is 39.7 Å². The molecule has 28 heavy (non-hydrogen) atoms. The molecular weight excluding hydrogens is 344 g/mol. The van der Waals surface area contributed by atoms with Crippen LogP contribution < -0.4 is 5.32 Å². The normalized spacial score (nSPS) is 17.4. The van der Waals surface area contributed by atoms with Gasteiger partial charge in [0.25, 0.3) is 0 Å². The number of rotatable bonds is 4. The van der Waals surface area contributed by atoms with Gasteiger partial charge in [-0.3, -0.25) is 0 Å². The van der Waals surface area contributed by atoms with Crippen molar-refractivity contribution in [3.63, 3.8) is 0 Å². The second-order valence-corrected chi connectivity index (χ2v) is 7.65. The summed E-state index contributed by atoms with van der Waals surface area (Å²) < 4.78 is 0. The van der Waals surface area contributed by atoms with Crippen LogP contribution in [0.4, 0.5) is 0 Å². The number of hydrogen-bond donors (Lipinski definition) is 2. The van der Waals surface area contributed by atoms with E-state index < -0.39 is 0 Å². The predicted octanol–water partition coefficient (Wildman–Crippen LogP) is 5.35. The zero-order valence-electron chi connectivity index (χ0n) is 16.0. The van der Waals surface area contributed by atoms with Gasteiger partial charge in [-0.15, -0.1) is 0 Å². The van der Waals surface area contributed by atoms with E-state index in [0.29, 0.717) is 12.1 Å². The lowest BCUT2D eigenvalue weighted by molar-refractivity contribution is 0.410. The fourth-order valence-electron chi connectivity index (χ4n) is 4.40. The number of H-pyrrole nitrogens is 1. The monoisotopic (exact) mass is 368 g/mol. The highest BCUT2D eigenvalue weighted by Gasteiger charge is 2.25. The fraction of sp³-hybridized carbons (Fsp3) is 0.250. The summed E-state index contributed by atoms with van der Waals surface area (Å²) in [5, 5.41) is 5.18. The SMILES string of the molecule is C[C@@H](NC1CCCc2c1[nH]c1ccc(-c3cncnc3)cc21)c1ccccc1. The van der Waals surface area contributed by atoms with Crippen LogP contribution in [0.5, 0.6) is 0 Å². The molecule has 4 nitrogen and oxygen atoms in total. The number of aromatic amines is 1. The molecule has 2 aromatic heterocycles. The van der Waals surface area contributed by atoms with Crippen molar-refractivity contribution in [3.05, 3.63) is 84.1 Å². The molecule has 1 aliphatic rings. The molecule has 4 heteroatoms. The molecular formula is C24H24N4. The lowest BCUT2D eigenvalue weighted by atomic mass is 9.90. The minimum Gasteiger partial charge on any atom is -0.357 e. The lowest BCUT2D eigenvalue weighted by Gasteiger charge is -2.27. The first-order chi connectivity index (χ1) is 13.8. The van der Waals surface area contributed by atoms with Crippen molar-refractivity contribution in [2.45, 2.75) is 38.3 Å². The first kappa shape index (κ1) is 17.1. The van der Waals surface area contributed by atoms with Crippen LogP contribution in [0.15, 0.2) is 67.3 Å². The minimum atomic E-state index is 0.320. The average Bonchev–Trinajstić information content (AvgIpc) is 3.14. The molecule has 4 aromatic rings. The molecule has 0 saturated carbocycles. The van der Waals surface area contributed by atoms with E-state index in [2.05, 4.69) is 75.7 Å². The maximum Gasteiger partial charge on any atom is 0.115 e. The van der Waals surface area contributed by atoms with E-state index in [-0.39, 0.29) is 0 Å². The van der Waals surface area contributed by atoms with E-state index in [4.69, 9.17) is 0 Å². The van der Waals surface area contributed by atoms with E-state index in [1.807, 2.05) is 12.4 Å². The highest BCUT2D eigenvalue weighted by atomic mass is 15.0. The van der Waals surface area contributed by atoms with Gasteiger partial charge in [-0.25, -0.2) is 9.97 Å². The Kier molecular flexibility index (Phi) is 4.41. The third-order valence-electron chi connectivity index (χ3n) is 5.85. The van der Waals surface area contributed by atoms with Crippen molar-refractivity contribution in [3.8, 4) is 11.1 Å². The molecule has 2 N–H and O–H groups in total. The van der Waals surface area contributed by atoms with Gasteiger partial charge in [0.15, 0.2) is 0 Å². The number of hydrogen-bond acceptors (Lipinski definition) is 3. The largest absolute Gasteiger partial charge is 0.357 e. The summed E-state index contributed by atoms with van der Waals surface area (Å²) in [4.78, 5) is 12.0. The minimum absolute atomic E-state index is 0.320. The van der Waals surface area contributed by atoms with Crippen LogP contribution in [0.2, 0.25) is 0 Å². The molecule has 2 heterocycles. The van der Waals surface area contributed by atoms with Crippen molar-refractivity contribution >= 4 is 10.9 Å². The molecule has 1 aliphatic carbocycles. The third-order valence-corrected chi connectivity index (χ3v) is 5.85. The topological polar surface area (TPSA) is 53.6 Å². The number of benzene rings is 2. The van der Waals surface area contributed by atoms with Gasteiger partial charge in [0.2, 0.25) is 0 Å². The highest BCUT2D eigenvalue weighted by Crippen LogP contribution is 2.37. The summed E-state index contributed by atoms with van der Waals surface area (Å²) in [6.07, 6.45) is 8.82. The van der Waals surface area contributed by atoms with Gasteiger partial charge in [-0.1, -0.05) is 36.4 Å². The quantitative estimate of drug-likeness (QED) is 0.510. The lowest BCUT2D eigenvalue weighted by Crippen LogP contribution is -2.27. The molecule has 2 atom stereocenters. The molecule has 0 saturated heterocycles. The number of nitrogens with zero attached hydrogens (tertiary/aromatic N) is 2. The summed E-state index contributed by atoms with van der Waals surface area (Å²) in [5.41, 5.74) is 7.58. The number of aromatic nitrogens is 3. The van der Waals surface area contributed by atoms with Crippen molar-refractivity contribution in [2.75, 3.05) is 0 Å². The Morgan fingerprint density at radius 2 is 1.86 bits per heavy atom. The molecule has 140 valence electrons. The van der Waals surface area contributed by atoms with Crippen molar-refractivity contribution < 1.29 is 0 Å². The predicted molar refractivity (Wildman–Crippen MR) is 113 cm³/mol. The van der Waals surface area contributed by atoms with E-state index in [0.717, 1.165) is 18.4 Å². The third kappa shape index (κ3) is 3.10. The highest BCUT2D eigenvalue weighted by molar-refractivity contribution is 5.89. The summed E-state index contributed by atoms with van der Waals surface area (Å²) in [7, 11) is 0. The Hall–Kier alpha value is -2.98. The second kappa shape index (κ2) is 7.21. The first-order valence-electron chi connectivity index (χ1n) is 10.0. The Morgan fingerprint density at radius 1 is 1.04 bits per heavy atom. The van der Waals surface area contributed by atoms with Gasteiger partial charge in [0.05, 0.1) is 0 Å². The van der Waals surface area contributed by atoms with E-state index in [9.17, 15) is 0 Å². The Bertz CT molecular complexity index is 1090. The maximum atomic E-state index is 4.16. The molecule has 2 aromatic carbocycles. The Labute approximate surface area is 165 Å². The van der Waals surface area contributed by atoms with Gasteiger partial charge in [0.1, 0.15) is 6.33 Å². The van der Waals surface area contributed by atoms with E-state index >= 15 is 0 Å². The van der Waals surface area contributed by atoms with Crippen LogP contribution in [0.25, 0.3) is 22.0 Å². The average molecular weight is 368 g/mol. The standard InChI is InChI=1S/C24H24N4/c1-16(17-6-3-2-4-7-17)27-23-9-5-8-20-21-12-18(19-13-25-15-26-14-19)10-11-22(21)28-24(20)23/h2-4,6-7,10-16,23,27-28H,5,8-9H2,1H3/t16-,23?/m1/s1. The molecule has 0 aliphatic heterocycles. The van der Waals surface area contributed by atoms with Gasteiger partial charge in [-0.2, -0.15) is 0 Å². The van der Waals surface area contributed by atoms with Crippen LogP contribution in [0.3, 0.4) is 0 Å². The number of fused-ring (bicyclic) bond motifs is 3. The Morgan fingerprint density at radius 3 is 2.68 bits per heavy atom. The smallest absolute Gasteiger partial charge is 0.115 e. The second-order valence-electron chi connectivity index (χ2n) is 7.65. The maximum absolute atomic E-state index is 4.16. The molecule has 0 fully saturated rings. The Balaban J connectivity index is 1.49. The van der Waals surface area contributed by atoms with Gasteiger partial charge in [0, 0.05) is 46.6 Å². The summed E-state index contributed by atoms with van der Waals surface area (Å²) in [6.45, 7) is 2.25. The fourth-order valence-corrected chi connectivity index (χ4v) is 4.40. The van der Waals surface area contributed by atoms with Crippen LogP contribution in [0.1, 0.15) is 48.7 Å². The van der Waals surface area contributed by atoms with Crippen molar-refractivity contribution in [2.24, 2.45) is 0 Å².